The van der Waals surface area contributed by atoms with Gasteiger partial charge in [0.05, 0.1) is 24.3 Å². The maximum Gasteiger partial charge on any atom is 0.128 e. The van der Waals surface area contributed by atoms with Gasteiger partial charge in [-0.3, -0.25) is 0 Å². The van der Waals surface area contributed by atoms with Crippen LogP contribution in [0.2, 0.25) is 0 Å². The van der Waals surface area contributed by atoms with Crippen LogP contribution >= 0.6 is 0 Å². The van der Waals surface area contributed by atoms with Crippen molar-refractivity contribution in [3.8, 4) is 11.5 Å². The molecule has 0 saturated carbocycles. The van der Waals surface area contributed by atoms with Crippen LogP contribution in [-0.2, 0) is 13.1 Å². The largest absolute Gasteiger partial charge is 0.493 e. The highest BCUT2D eigenvalue weighted by Gasteiger charge is 2.13. The highest BCUT2D eigenvalue weighted by Crippen LogP contribution is 2.29. The van der Waals surface area contributed by atoms with Gasteiger partial charge >= 0.3 is 0 Å². The van der Waals surface area contributed by atoms with Gasteiger partial charge in [-0.05, 0) is 25.0 Å². The first kappa shape index (κ1) is 32.8. The minimum Gasteiger partial charge on any atom is -0.493 e. The van der Waals surface area contributed by atoms with Gasteiger partial charge < -0.3 is 20.9 Å². The van der Waals surface area contributed by atoms with Crippen molar-refractivity contribution in [3.05, 3.63) is 23.3 Å². The maximum atomic E-state index is 6.19. The summed E-state index contributed by atoms with van der Waals surface area (Å²) in [5, 5.41) is 0. The second kappa shape index (κ2) is 24.1. The molecule has 0 aromatic heterocycles. The fourth-order valence-corrected chi connectivity index (χ4v) is 4.85. The van der Waals surface area contributed by atoms with Crippen LogP contribution in [0.3, 0.4) is 0 Å². The number of rotatable bonds is 26. The van der Waals surface area contributed by atoms with Crippen molar-refractivity contribution in [1.29, 1.82) is 0 Å². The topological polar surface area (TPSA) is 73.7 Å². The van der Waals surface area contributed by atoms with E-state index >= 15 is 0 Å². The summed E-state index contributed by atoms with van der Waals surface area (Å²) in [5.74, 6) is 1.96. The highest BCUT2D eigenvalue weighted by molar-refractivity contribution is 5.46. The Morgan fingerprint density at radius 3 is 1.00 bits per heavy atom. The minimum atomic E-state index is 0.722. The van der Waals surface area contributed by atoms with E-state index < -0.39 is 0 Å². The Kier molecular flexibility index (Phi) is 21.9. The van der Waals surface area contributed by atoms with Crippen LogP contribution in [-0.4, -0.2) is 13.2 Å². The lowest BCUT2D eigenvalue weighted by atomic mass is 10.1. The summed E-state index contributed by atoms with van der Waals surface area (Å²) in [6.07, 6.45) is 26.9. The van der Waals surface area contributed by atoms with E-state index in [2.05, 4.69) is 37.4 Å². The molecular formula is C32H62N2O2+2. The maximum absolute atomic E-state index is 6.19. The van der Waals surface area contributed by atoms with Crippen molar-refractivity contribution < 1.29 is 20.9 Å². The van der Waals surface area contributed by atoms with E-state index in [-0.39, 0.29) is 0 Å². The first-order valence-corrected chi connectivity index (χ1v) is 15.8. The molecule has 36 heavy (non-hydrogen) atoms. The number of quaternary nitrogens is 2. The van der Waals surface area contributed by atoms with E-state index in [4.69, 9.17) is 9.47 Å². The molecule has 0 aliphatic heterocycles. The number of hydrogen-bond donors (Lipinski definition) is 2. The van der Waals surface area contributed by atoms with Gasteiger partial charge in [-0.1, -0.05) is 129 Å². The minimum absolute atomic E-state index is 0.722. The molecule has 0 radical (unpaired) electrons. The molecule has 1 aromatic rings. The Morgan fingerprint density at radius 2 is 0.722 bits per heavy atom. The van der Waals surface area contributed by atoms with Crippen LogP contribution < -0.4 is 20.9 Å². The van der Waals surface area contributed by atoms with Crippen LogP contribution in [0.1, 0.15) is 153 Å². The smallest absolute Gasteiger partial charge is 0.128 e. The van der Waals surface area contributed by atoms with Crippen molar-refractivity contribution in [2.45, 2.75) is 155 Å². The standard InChI is InChI=1S/C32H60N2O2/c1-3-5-7-9-11-13-15-17-19-21-23-35-31-25-30(28-34)32(26-29(31)27-33)36-24-22-20-18-16-14-12-10-8-6-4-2/h25-26H,3-24,27-28,33-34H2,1-2H3/p+2. The van der Waals surface area contributed by atoms with Crippen LogP contribution in [0, 0.1) is 0 Å². The van der Waals surface area contributed by atoms with Crippen molar-refractivity contribution >= 4 is 0 Å². The van der Waals surface area contributed by atoms with Gasteiger partial charge in [0.25, 0.3) is 0 Å². The van der Waals surface area contributed by atoms with Gasteiger partial charge in [0.1, 0.15) is 24.6 Å². The number of benzene rings is 1. The predicted molar refractivity (Wildman–Crippen MR) is 154 cm³/mol. The van der Waals surface area contributed by atoms with E-state index in [0.717, 1.165) is 61.8 Å². The Bertz CT molecular complexity index is 567. The lowest BCUT2D eigenvalue weighted by Gasteiger charge is -2.15. The molecular weight excluding hydrogens is 444 g/mol. The fourth-order valence-electron chi connectivity index (χ4n) is 4.85. The summed E-state index contributed by atoms with van der Waals surface area (Å²) in [7, 11) is 0. The molecule has 0 amide bonds. The normalized spacial score (nSPS) is 11.2. The third kappa shape index (κ3) is 16.5. The molecule has 0 saturated heterocycles. The van der Waals surface area contributed by atoms with Crippen molar-refractivity contribution in [1.82, 2.24) is 0 Å². The third-order valence-electron chi connectivity index (χ3n) is 7.29. The summed E-state index contributed by atoms with van der Waals surface area (Å²) in [6.45, 7) is 7.59. The Morgan fingerprint density at radius 1 is 0.444 bits per heavy atom. The number of ether oxygens (including phenoxy) is 2. The SMILES string of the molecule is CCCCCCCCCCCCOc1cc(C[NH3+])c(OCCCCCCCCCCCC)cc1C[NH3+]. The van der Waals surface area contributed by atoms with E-state index in [1.54, 1.807) is 0 Å². The van der Waals surface area contributed by atoms with E-state index in [0.29, 0.717) is 0 Å². The van der Waals surface area contributed by atoms with Gasteiger partial charge in [-0.15, -0.1) is 0 Å². The fraction of sp³-hybridized carbons (Fsp3) is 0.812. The average Bonchev–Trinajstić information content (AvgIpc) is 2.90. The van der Waals surface area contributed by atoms with Crippen molar-refractivity contribution in [3.63, 3.8) is 0 Å². The molecule has 0 fully saturated rings. The second-order valence-electron chi connectivity index (χ2n) is 10.6. The molecule has 0 heterocycles. The summed E-state index contributed by atoms with van der Waals surface area (Å²) in [6, 6.07) is 4.30. The molecule has 0 atom stereocenters. The van der Waals surface area contributed by atoms with E-state index in [1.807, 2.05) is 0 Å². The predicted octanol–water partition coefficient (Wildman–Crippen LogP) is 7.77. The van der Waals surface area contributed by atoms with E-state index in [1.165, 1.54) is 116 Å². The van der Waals surface area contributed by atoms with Crippen LogP contribution in [0.5, 0.6) is 11.5 Å². The van der Waals surface area contributed by atoms with Crippen LogP contribution in [0.15, 0.2) is 12.1 Å². The molecule has 0 aliphatic rings. The first-order valence-electron chi connectivity index (χ1n) is 15.8. The monoisotopic (exact) mass is 506 g/mol. The van der Waals surface area contributed by atoms with Crippen molar-refractivity contribution in [2.75, 3.05) is 13.2 Å². The molecule has 0 aliphatic carbocycles. The Labute approximate surface area is 224 Å². The molecule has 210 valence electrons. The summed E-state index contributed by atoms with van der Waals surface area (Å²) >= 11 is 0. The van der Waals surface area contributed by atoms with Gasteiger partial charge in [0.2, 0.25) is 0 Å². The average molecular weight is 507 g/mol. The lowest BCUT2D eigenvalue weighted by Crippen LogP contribution is -2.48. The first-order chi connectivity index (χ1) is 17.8. The molecule has 1 aromatic carbocycles. The van der Waals surface area contributed by atoms with Crippen molar-refractivity contribution in [2.24, 2.45) is 0 Å². The third-order valence-corrected chi connectivity index (χ3v) is 7.29. The highest BCUT2D eigenvalue weighted by atomic mass is 16.5. The zero-order valence-electron chi connectivity index (χ0n) is 24.4. The Balaban J connectivity index is 2.23. The quantitative estimate of drug-likeness (QED) is 0.126. The summed E-state index contributed by atoms with van der Waals surface area (Å²) in [5.41, 5.74) is 10.6. The van der Waals surface area contributed by atoms with Gasteiger partial charge in [-0.2, -0.15) is 0 Å². The lowest BCUT2D eigenvalue weighted by molar-refractivity contribution is -0.388. The van der Waals surface area contributed by atoms with Crippen LogP contribution in [0.25, 0.3) is 0 Å². The molecule has 4 nitrogen and oxygen atoms in total. The molecule has 0 unspecified atom stereocenters. The zero-order valence-corrected chi connectivity index (χ0v) is 24.4. The summed E-state index contributed by atoms with van der Waals surface area (Å²) in [4.78, 5) is 0. The number of unbranched alkanes of at least 4 members (excludes halogenated alkanes) is 18. The number of hydrogen-bond acceptors (Lipinski definition) is 2. The molecule has 6 N–H and O–H groups in total. The molecule has 4 heteroatoms. The van der Waals surface area contributed by atoms with Crippen LogP contribution in [0.4, 0.5) is 0 Å². The van der Waals surface area contributed by atoms with Gasteiger partial charge in [-0.25, -0.2) is 0 Å². The molecule has 0 spiro atoms. The Hall–Kier alpha value is -1.26. The van der Waals surface area contributed by atoms with Gasteiger partial charge in [0.15, 0.2) is 0 Å². The summed E-state index contributed by atoms with van der Waals surface area (Å²) < 4.78 is 12.4. The van der Waals surface area contributed by atoms with E-state index in [9.17, 15) is 0 Å². The second-order valence-corrected chi connectivity index (χ2v) is 10.6. The molecule has 1 rings (SSSR count). The zero-order chi connectivity index (χ0) is 26.1. The molecule has 0 bridgehead atoms. The van der Waals surface area contributed by atoms with Gasteiger partial charge in [0, 0.05) is 0 Å².